The van der Waals surface area contributed by atoms with Gasteiger partial charge in [0.25, 0.3) is 0 Å². The lowest BCUT2D eigenvalue weighted by Crippen LogP contribution is -2.49. The van der Waals surface area contributed by atoms with Gasteiger partial charge in [-0.25, -0.2) is 0 Å². The van der Waals surface area contributed by atoms with Crippen LogP contribution < -0.4 is 5.73 Å². The van der Waals surface area contributed by atoms with Crippen LogP contribution in [0.3, 0.4) is 0 Å². The van der Waals surface area contributed by atoms with Gasteiger partial charge in [0, 0.05) is 17.8 Å². The first-order valence-electron chi connectivity index (χ1n) is 5.23. The van der Waals surface area contributed by atoms with Crippen molar-refractivity contribution < 1.29 is 5.11 Å². The molecule has 0 unspecified atom stereocenters. The van der Waals surface area contributed by atoms with E-state index in [1.165, 1.54) is 0 Å². The van der Waals surface area contributed by atoms with Crippen LogP contribution in [0.1, 0.15) is 18.4 Å². The predicted molar refractivity (Wildman–Crippen MR) is 59.4 cm³/mol. The quantitative estimate of drug-likeness (QED) is 0.656. The number of H-pyrrole nitrogens is 1. The molecule has 2 aromatic rings. The van der Waals surface area contributed by atoms with Crippen LogP contribution in [-0.4, -0.2) is 16.1 Å². The summed E-state index contributed by atoms with van der Waals surface area (Å²) < 4.78 is 0. The van der Waals surface area contributed by atoms with E-state index in [0.717, 1.165) is 16.5 Å². The van der Waals surface area contributed by atoms with Gasteiger partial charge in [-0.3, -0.25) is 0 Å². The molecule has 1 heterocycles. The molecule has 1 saturated carbocycles. The molecule has 15 heavy (non-hydrogen) atoms. The Hall–Kier alpha value is -1.32. The molecule has 3 rings (SSSR count). The molecule has 0 saturated heterocycles. The van der Waals surface area contributed by atoms with Crippen molar-refractivity contribution >= 4 is 10.9 Å². The highest BCUT2D eigenvalue weighted by Gasteiger charge is 2.42. The molecule has 0 bridgehead atoms. The maximum atomic E-state index is 10.3. The molecule has 1 aliphatic rings. The predicted octanol–water partition coefficient (Wildman–Crippen LogP) is 1.48. The van der Waals surface area contributed by atoms with E-state index in [1.54, 1.807) is 0 Å². The minimum absolute atomic E-state index is 0.150. The van der Waals surface area contributed by atoms with Crippen molar-refractivity contribution in [2.24, 2.45) is 5.73 Å². The maximum Gasteiger partial charge on any atom is 0.0926 e. The molecule has 0 aliphatic heterocycles. The van der Waals surface area contributed by atoms with E-state index in [4.69, 9.17) is 5.73 Å². The minimum atomic E-state index is -0.690. The van der Waals surface area contributed by atoms with Gasteiger partial charge in [0.1, 0.15) is 0 Å². The normalized spacial score (nSPS) is 30.4. The van der Waals surface area contributed by atoms with Crippen LogP contribution in [0.2, 0.25) is 0 Å². The molecule has 1 aromatic carbocycles. The summed E-state index contributed by atoms with van der Waals surface area (Å²) in [6, 6.07) is 8.19. The summed E-state index contributed by atoms with van der Waals surface area (Å²) in [5, 5.41) is 11.4. The molecule has 78 valence electrons. The smallest absolute Gasteiger partial charge is 0.0926 e. The SMILES string of the molecule is NC1CC(O)(c2ccc3[nH]ccc3c2)C1. The third kappa shape index (κ3) is 1.28. The van der Waals surface area contributed by atoms with E-state index in [0.29, 0.717) is 12.8 Å². The van der Waals surface area contributed by atoms with Crippen molar-refractivity contribution in [2.45, 2.75) is 24.5 Å². The maximum absolute atomic E-state index is 10.3. The zero-order chi connectivity index (χ0) is 10.5. The fourth-order valence-corrected chi connectivity index (χ4v) is 2.39. The number of aliphatic hydroxyl groups is 1. The summed E-state index contributed by atoms with van der Waals surface area (Å²) in [7, 11) is 0. The first kappa shape index (κ1) is 8.95. The Bertz CT molecular complexity index is 497. The van der Waals surface area contributed by atoms with E-state index in [-0.39, 0.29) is 6.04 Å². The highest BCUT2D eigenvalue weighted by atomic mass is 16.3. The molecule has 1 aliphatic carbocycles. The largest absolute Gasteiger partial charge is 0.385 e. The topological polar surface area (TPSA) is 62.0 Å². The van der Waals surface area contributed by atoms with Crippen molar-refractivity contribution in [2.75, 3.05) is 0 Å². The van der Waals surface area contributed by atoms with Crippen LogP contribution in [0.15, 0.2) is 30.5 Å². The number of aromatic amines is 1. The van der Waals surface area contributed by atoms with Gasteiger partial charge in [-0.1, -0.05) is 6.07 Å². The van der Waals surface area contributed by atoms with Crippen LogP contribution in [0.4, 0.5) is 0 Å². The first-order chi connectivity index (χ1) is 7.17. The Kier molecular flexibility index (Phi) is 1.69. The monoisotopic (exact) mass is 202 g/mol. The molecule has 3 nitrogen and oxygen atoms in total. The average Bonchev–Trinajstić information content (AvgIpc) is 2.61. The molecule has 1 aromatic heterocycles. The Morgan fingerprint density at radius 1 is 1.33 bits per heavy atom. The van der Waals surface area contributed by atoms with E-state index in [9.17, 15) is 5.11 Å². The van der Waals surface area contributed by atoms with Crippen molar-refractivity contribution in [1.29, 1.82) is 0 Å². The molecule has 0 spiro atoms. The summed E-state index contributed by atoms with van der Waals surface area (Å²) in [4.78, 5) is 3.14. The summed E-state index contributed by atoms with van der Waals surface area (Å²) >= 11 is 0. The fourth-order valence-electron chi connectivity index (χ4n) is 2.39. The lowest BCUT2D eigenvalue weighted by molar-refractivity contribution is -0.0521. The molecular weight excluding hydrogens is 188 g/mol. The van der Waals surface area contributed by atoms with Gasteiger partial charge in [0.05, 0.1) is 5.60 Å². The fraction of sp³-hybridized carbons (Fsp3) is 0.333. The highest BCUT2D eigenvalue weighted by molar-refractivity contribution is 5.80. The van der Waals surface area contributed by atoms with Crippen LogP contribution in [0.25, 0.3) is 10.9 Å². The number of hydrogen-bond acceptors (Lipinski definition) is 2. The number of nitrogens with one attached hydrogen (secondary N) is 1. The zero-order valence-electron chi connectivity index (χ0n) is 8.40. The van der Waals surface area contributed by atoms with Crippen molar-refractivity contribution in [3.8, 4) is 0 Å². The number of benzene rings is 1. The van der Waals surface area contributed by atoms with Crippen LogP contribution in [0, 0.1) is 0 Å². The summed E-state index contributed by atoms with van der Waals surface area (Å²) in [5.74, 6) is 0. The number of rotatable bonds is 1. The van der Waals surface area contributed by atoms with Crippen molar-refractivity contribution in [3.05, 3.63) is 36.0 Å². The van der Waals surface area contributed by atoms with Gasteiger partial charge >= 0.3 is 0 Å². The molecular formula is C12H14N2O. The van der Waals surface area contributed by atoms with Crippen molar-refractivity contribution in [1.82, 2.24) is 4.98 Å². The summed E-state index contributed by atoms with van der Waals surface area (Å²) in [6.07, 6.45) is 3.25. The second-order valence-corrected chi connectivity index (χ2v) is 4.48. The molecule has 0 atom stereocenters. The molecule has 0 amide bonds. The number of nitrogens with two attached hydrogens (primary N) is 1. The van der Waals surface area contributed by atoms with Gasteiger partial charge in [-0.15, -0.1) is 0 Å². The average molecular weight is 202 g/mol. The highest BCUT2D eigenvalue weighted by Crippen LogP contribution is 2.40. The third-order valence-electron chi connectivity index (χ3n) is 3.29. The second kappa shape index (κ2) is 2.84. The summed E-state index contributed by atoms with van der Waals surface area (Å²) in [5.41, 5.74) is 7.11. The van der Waals surface area contributed by atoms with Gasteiger partial charge in [-0.05, 0) is 42.0 Å². The number of aromatic nitrogens is 1. The lowest BCUT2D eigenvalue weighted by atomic mass is 9.71. The standard InChI is InChI=1S/C12H14N2O/c13-10-6-12(15,7-10)9-1-2-11-8(5-9)3-4-14-11/h1-5,10,14-15H,6-7,13H2. The van der Waals surface area contributed by atoms with E-state index in [1.807, 2.05) is 30.5 Å². The molecule has 3 heteroatoms. The van der Waals surface area contributed by atoms with Crippen LogP contribution in [0.5, 0.6) is 0 Å². The Labute approximate surface area is 87.9 Å². The lowest BCUT2D eigenvalue weighted by Gasteiger charge is -2.42. The minimum Gasteiger partial charge on any atom is -0.385 e. The van der Waals surface area contributed by atoms with Gasteiger partial charge in [0.15, 0.2) is 0 Å². The van der Waals surface area contributed by atoms with Gasteiger partial charge in [0.2, 0.25) is 0 Å². The summed E-state index contributed by atoms with van der Waals surface area (Å²) in [6.45, 7) is 0. The first-order valence-corrected chi connectivity index (χ1v) is 5.23. The molecule has 0 radical (unpaired) electrons. The van der Waals surface area contributed by atoms with E-state index < -0.39 is 5.60 Å². The molecule has 4 N–H and O–H groups in total. The van der Waals surface area contributed by atoms with E-state index >= 15 is 0 Å². The Morgan fingerprint density at radius 3 is 2.87 bits per heavy atom. The number of fused-ring (bicyclic) bond motifs is 1. The van der Waals surface area contributed by atoms with Gasteiger partial charge in [-0.2, -0.15) is 0 Å². The Morgan fingerprint density at radius 2 is 2.13 bits per heavy atom. The molecule has 1 fully saturated rings. The van der Waals surface area contributed by atoms with E-state index in [2.05, 4.69) is 4.98 Å². The zero-order valence-corrected chi connectivity index (χ0v) is 8.40. The Balaban J connectivity index is 2.04. The third-order valence-corrected chi connectivity index (χ3v) is 3.29. The van der Waals surface area contributed by atoms with Crippen LogP contribution >= 0.6 is 0 Å². The van der Waals surface area contributed by atoms with Gasteiger partial charge < -0.3 is 15.8 Å². The van der Waals surface area contributed by atoms with Crippen molar-refractivity contribution in [3.63, 3.8) is 0 Å². The van der Waals surface area contributed by atoms with Crippen LogP contribution in [-0.2, 0) is 5.60 Å². The second-order valence-electron chi connectivity index (χ2n) is 4.48. The number of hydrogen-bond donors (Lipinski definition) is 3.